The number of nitrogens with one attached hydrogen (secondary N) is 1. The molecule has 2 unspecified atom stereocenters. The lowest BCUT2D eigenvalue weighted by molar-refractivity contribution is -0.125. The minimum absolute atomic E-state index is 0.0593. The van der Waals surface area contributed by atoms with Gasteiger partial charge in [-0.1, -0.05) is 30.3 Å². The standard InChI is InChI=1S/C28H27N3O4/c1-34-22-13-11-21(12-14-22)31-26(32)16-15-24(27(31)23-5-3-4-6-25(23)35-2)28(33)30-20-9-7-19(8-10-20)17-18-29/h3-14,24,27H,15-17H2,1-2H3,(H,30,33). The molecule has 0 radical (unpaired) electrons. The van der Waals surface area contributed by atoms with Crippen molar-refractivity contribution >= 4 is 23.2 Å². The molecule has 35 heavy (non-hydrogen) atoms. The van der Waals surface area contributed by atoms with Gasteiger partial charge in [0.2, 0.25) is 11.8 Å². The second-order valence-corrected chi connectivity index (χ2v) is 8.31. The van der Waals surface area contributed by atoms with Gasteiger partial charge in [-0.2, -0.15) is 5.26 Å². The summed E-state index contributed by atoms with van der Waals surface area (Å²) in [6, 6.07) is 23.5. The molecule has 0 aromatic heterocycles. The van der Waals surface area contributed by atoms with E-state index in [9.17, 15) is 9.59 Å². The molecule has 1 N–H and O–H groups in total. The fourth-order valence-corrected chi connectivity index (χ4v) is 4.51. The molecule has 178 valence electrons. The predicted molar refractivity (Wildman–Crippen MR) is 133 cm³/mol. The first-order chi connectivity index (χ1) is 17.0. The minimum Gasteiger partial charge on any atom is -0.497 e. The molecule has 7 nitrogen and oxygen atoms in total. The number of piperidine rings is 1. The average molecular weight is 470 g/mol. The van der Waals surface area contributed by atoms with E-state index in [-0.39, 0.29) is 18.2 Å². The molecule has 0 bridgehead atoms. The summed E-state index contributed by atoms with van der Waals surface area (Å²) in [5.74, 6) is 0.548. The molecule has 3 aromatic rings. The van der Waals surface area contributed by atoms with Gasteiger partial charge in [0, 0.05) is 23.4 Å². The Morgan fingerprint density at radius 3 is 2.40 bits per heavy atom. The molecule has 1 aliphatic heterocycles. The molecule has 2 atom stereocenters. The molecular formula is C28H27N3O4. The smallest absolute Gasteiger partial charge is 0.229 e. The molecule has 3 aromatic carbocycles. The lowest BCUT2D eigenvalue weighted by atomic mass is 9.82. The predicted octanol–water partition coefficient (Wildman–Crippen LogP) is 4.89. The highest BCUT2D eigenvalue weighted by molar-refractivity contribution is 6.00. The Kier molecular flexibility index (Phi) is 7.32. The summed E-state index contributed by atoms with van der Waals surface area (Å²) in [5.41, 5.74) is 2.98. The van der Waals surface area contributed by atoms with E-state index in [4.69, 9.17) is 14.7 Å². The Hall–Kier alpha value is -4.31. The number of anilines is 2. The molecule has 1 fully saturated rings. The fraction of sp³-hybridized carbons (Fsp3) is 0.250. The van der Waals surface area contributed by atoms with Gasteiger partial charge in [-0.05, 0) is 54.4 Å². The summed E-state index contributed by atoms with van der Waals surface area (Å²) >= 11 is 0. The number of carbonyl (C=O) groups excluding carboxylic acids is 2. The maximum atomic E-state index is 13.6. The normalized spacial score (nSPS) is 17.4. The van der Waals surface area contributed by atoms with E-state index in [1.807, 2.05) is 48.5 Å². The number of hydrogen-bond acceptors (Lipinski definition) is 5. The van der Waals surface area contributed by atoms with E-state index in [1.54, 1.807) is 43.4 Å². The number of benzene rings is 3. The molecule has 1 saturated heterocycles. The molecule has 4 rings (SSSR count). The van der Waals surface area contributed by atoms with Gasteiger partial charge < -0.3 is 19.7 Å². The fourth-order valence-electron chi connectivity index (χ4n) is 4.51. The maximum Gasteiger partial charge on any atom is 0.229 e. The highest BCUT2D eigenvalue weighted by atomic mass is 16.5. The lowest BCUT2D eigenvalue weighted by Crippen LogP contribution is -2.47. The topological polar surface area (TPSA) is 91.7 Å². The minimum atomic E-state index is -0.557. The zero-order valence-electron chi connectivity index (χ0n) is 19.7. The van der Waals surface area contributed by atoms with Gasteiger partial charge in [0.25, 0.3) is 0 Å². The van der Waals surface area contributed by atoms with Crippen molar-refractivity contribution in [2.75, 3.05) is 24.4 Å². The molecule has 1 aliphatic rings. The SMILES string of the molecule is COc1ccc(N2C(=O)CCC(C(=O)Nc3ccc(CC#N)cc3)C2c2ccccc2OC)cc1. The molecule has 7 heteroatoms. The van der Waals surface area contributed by atoms with Gasteiger partial charge in [0.05, 0.1) is 38.7 Å². The number of nitrogens with zero attached hydrogens (tertiary/aromatic N) is 2. The summed E-state index contributed by atoms with van der Waals surface area (Å²) in [5, 5.41) is 11.9. The summed E-state index contributed by atoms with van der Waals surface area (Å²) in [4.78, 5) is 28.5. The lowest BCUT2D eigenvalue weighted by Gasteiger charge is -2.41. The molecule has 0 saturated carbocycles. The van der Waals surface area contributed by atoms with Crippen LogP contribution in [0, 0.1) is 17.2 Å². The van der Waals surface area contributed by atoms with Crippen LogP contribution < -0.4 is 19.7 Å². The Morgan fingerprint density at radius 1 is 1.03 bits per heavy atom. The van der Waals surface area contributed by atoms with Crippen LogP contribution in [0.25, 0.3) is 0 Å². The first-order valence-corrected chi connectivity index (χ1v) is 11.4. The van der Waals surface area contributed by atoms with Crippen LogP contribution in [0.15, 0.2) is 72.8 Å². The third-order valence-corrected chi connectivity index (χ3v) is 6.25. The molecule has 1 heterocycles. The third-order valence-electron chi connectivity index (χ3n) is 6.25. The molecular weight excluding hydrogens is 442 g/mol. The second-order valence-electron chi connectivity index (χ2n) is 8.31. The monoisotopic (exact) mass is 469 g/mol. The Labute approximate surface area is 204 Å². The van der Waals surface area contributed by atoms with Crippen molar-refractivity contribution in [1.29, 1.82) is 5.26 Å². The highest BCUT2D eigenvalue weighted by Gasteiger charge is 2.42. The van der Waals surface area contributed by atoms with Crippen LogP contribution in [-0.4, -0.2) is 26.0 Å². The first kappa shape index (κ1) is 23.8. The van der Waals surface area contributed by atoms with Crippen molar-refractivity contribution in [1.82, 2.24) is 0 Å². The number of rotatable bonds is 7. The van der Waals surface area contributed by atoms with Crippen LogP contribution >= 0.6 is 0 Å². The molecule has 2 amide bonds. The van der Waals surface area contributed by atoms with Crippen molar-refractivity contribution in [3.63, 3.8) is 0 Å². The van der Waals surface area contributed by atoms with Crippen molar-refractivity contribution in [3.8, 4) is 17.6 Å². The number of carbonyl (C=O) groups is 2. The van der Waals surface area contributed by atoms with Gasteiger partial charge in [-0.25, -0.2) is 0 Å². The van der Waals surface area contributed by atoms with E-state index < -0.39 is 12.0 Å². The number of nitriles is 1. The van der Waals surface area contributed by atoms with Gasteiger partial charge in [0.15, 0.2) is 0 Å². The number of amides is 2. The highest BCUT2D eigenvalue weighted by Crippen LogP contribution is 2.43. The van der Waals surface area contributed by atoms with Crippen molar-refractivity contribution in [3.05, 3.63) is 83.9 Å². The molecule has 0 spiro atoms. The van der Waals surface area contributed by atoms with Gasteiger partial charge in [-0.15, -0.1) is 0 Å². The van der Waals surface area contributed by atoms with Gasteiger partial charge in [-0.3, -0.25) is 9.59 Å². The zero-order chi connectivity index (χ0) is 24.8. The maximum absolute atomic E-state index is 13.6. The van der Waals surface area contributed by atoms with Crippen LogP contribution in [0.2, 0.25) is 0 Å². The number of ether oxygens (including phenoxy) is 2. The first-order valence-electron chi connectivity index (χ1n) is 11.4. The van der Waals surface area contributed by atoms with Crippen LogP contribution in [-0.2, 0) is 16.0 Å². The average Bonchev–Trinajstić information content (AvgIpc) is 2.89. The number of para-hydroxylation sites is 1. The van der Waals surface area contributed by atoms with E-state index in [0.717, 1.165) is 11.1 Å². The number of hydrogen-bond donors (Lipinski definition) is 1. The summed E-state index contributed by atoms with van der Waals surface area (Å²) in [6.07, 6.45) is 0.967. The number of methoxy groups -OCH3 is 2. The van der Waals surface area contributed by atoms with Crippen LogP contribution in [0.1, 0.15) is 30.0 Å². The molecule has 0 aliphatic carbocycles. The Morgan fingerprint density at radius 2 is 1.74 bits per heavy atom. The van der Waals surface area contributed by atoms with Crippen LogP contribution in [0.4, 0.5) is 11.4 Å². The van der Waals surface area contributed by atoms with Gasteiger partial charge >= 0.3 is 0 Å². The quantitative estimate of drug-likeness (QED) is 0.532. The summed E-state index contributed by atoms with van der Waals surface area (Å²) in [6.45, 7) is 0. The van der Waals surface area contributed by atoms with Crippen LogP contribution in [0.3, 0.4) is 0 Å². The van der Waals surface area contributed by atoms with E-state index in [2.05, 4.69) is 11.4 Å². The van der Waals surface area contributed by atoms with Crippen molar-refractivity contribution in [2.45, 2.75) is 25.3 Å². The van der Waals surface area contributed by atoms with Gasteiger partial charge in [0.1, 0.15) is 11.5 Å². The third kappa shape index (κ3) is 5.12. The van der Waals surface area contributed by atoms with E-state index >= 15 is 0 Å². The van der Waals surface area contributed by atoms with Crippen molar-refractivity contribution < 1.29 is 19.1 Å². The Bertz CT molecular complexity index is 1230. The largest absolute Gasteiger partial charge is 0.497 e. The van der Waals surface area contributed by atoms with E-state index in [1.165, 1.54) is 0 Å². The Balaban J connectivity index is 1.72. The summed E-state index contributed by atoms with van der Waals surface area (Å²) < 4.78 is 10.9. The van der Waals surface area contributed by atoms with E-state index in [0.29, 0.717) is 35.7 Å². The second kappa shape index (κ2) is 10.7. The van der Waals surface area contributed by atoms with Crippen LogP contribution in [0.5, 0.6) is 11.5 Å². The zero-order valence-corrected chi connectivity index (χ0v) is 19.7. The van der Waals surface area contributed by atoms with Crippen molar-refractivity contribution in [2.24, 2.45) is 5.92 Å². The summed E-state index contributed by atoms with van der Waals surface area (Å²) in [7, 11) is 3.17.